The van der Waals surface area contributed by atoms with E-state index in [1.54, 1.807) is 0 Å². The molecule has 0 radical (unpaired) electrons. The Morgan fingerprint density at radius 2 is 2.10 bits per heavy atom. The van der Waals surface area contributed by atoms with E-state index >= 15 is 0 Å². The first-order chi connectivity index (χ1) is 9.23. The molecule has 2 rings (SSSR count). The van der Waals surface area contributed by atoms with E-state index in [1.165, 1.54) is 21.1 Å². The SMILES string of the molecule is CC1CCN(S(=O)(=O)c2cc(C(=O)O)n(C(C)C)c2)C1. The van der Waals surface area contributed by atoms with E-state index in [-0.39, 0.29) is 16.6 Å². The van der Waals surface area contributed by atoms with Crippen LogP contribution in [0.2, 0.25) is 0 Å². The number of carboxylic acid groups (broad SMARTS) is 1. The third-order valence-electron chi connectivity index (χ3n) is 3.62. The van der Waals surface area contributed by atoms with Crippen molar-refractivity contribution < 1.29 is 18.3 Å². The fourth-order valence-electron chi connectivity index (χ4n) is 2.46. The molecule has 0 spiro atoms. The number of sulfonamides is 1. The molecule has 1 unspecified atom stereocenters. The van der Waals surface area contributed by atoms with Crippen LogP contribution in [0.1, 0.15) is 43.7 Å². The second kappa shape index (κ2) is 5.21. The smallest absolute Gasteiger partial charge is 0.352 e. The van der Waals surface area contributed by atoms with Crippen molar-refractivity contribution in [2.24, 2.45) is 5.92 Å². The number of hydrogen-bond acceptors (Lipinski definition) is 3. The zero-order chi connectivity index (χ0) is 15.1. The van der Waals surface area contributed by atoms with Crippen LogP contribution in [0.25, 0.3) is 0 Å². The highest BCUT2D eigenvalue weighted by atomic mass is 32.2. The monoisotopic (exact) mass is 300 g/mol. The summed E-state index contributed by atoms with van der Waals surface area (Å²) in [5, 5.41) is 9.17. The maximum absolute atomic E-state index is 12.5. The zero-order valence-corrected chi connectivity index (χ0v) is 12.7. The van der Waals surface area contributed by atoms with E-state index < -0.39 is 16.0 Å². The number of aromatic nitrogens is 1. The van der Waals surface area contributed by atoms with Crippen LogP contribution >= 0.6 is 0 Å². The molecule has 0 saturated carbocycles. The normalized spacial score (nSPS) is 20.7. The van der Waals surface area contributed by atoms with E-state index in [4.69, 9.17) is 0 Å². The number of carbonyl (C=O) groups is 1. The number of aromatic carboxylic acids is 1. The minimum absolute atomic E-state index is 0.00539. The Kier molecular flexibility index (Phi) is 3.93. The van der Waals surface area contributed by atoms with Gasteiger partial charge in [-0.2, -0.15) is 4.31 Å². The molecule has 2 heterocycles. The summed E-state index contributed by atoms with van der Waals surface area (Å²) in [5.41, 5.74) is 0.00539. The lowest BCUT2D eigenvalue weighted by Crippen LogP contribution is -2.28. The van der Waals surface area contributed by atoms with Crippen LogP contribution in [0, 0.1) is 5.92 Å². The number of hydrogen-bond donors (Lipinski definition) is 1. The Morgan fingerprint density at radius 1 is 1.45 bits per heavy atom. The lowest BCUT2D eigenvalue weighted by molar-refractivity contribution is 0.0683. The lowest BCUT2D eigenvalue weighted by Gasteiger charge is -2.14. The highest BCUT2D eigenvalue weighted by molar-refractivity contribution is 7.89. The Hall–Kier alpha value is -1.34. The van der Waals surface area contributed by atoms with E-state index in [9.17, 15) is 18.3 Å². The molecule has 0 aliphatic carbocycles. The van der Waals surface area contributed by atoms with Crippen molar-refractivity contribution in [2.45, 2.75) is 38.1 Å². The molecule has 1 N–H and O–H groups in total. The standard InChI is InChI=1S/C13H20N2O4S/c1-9(2)15-8-11(6-12(15)13(16)17)20(18,19)14-5-4-10(3)7-14/h6,8-10H,4-5,7H2,1-3H3,(H,16,17). The minimum atomic E-state index is -3.59. The topological polar surface area (TPSA) is 79.6 Å². The number of nitrogens with zero attached hydrogens (tertiary/aromatic N) is 2. The molecule has 7 heteroatoms. The molecule has 1 atom stereocenters. The van der Waals surface area contributed by atoms with Crippen molar-refractivity contribution in [3.63, 3.8) is 0 Å². The van der Waals surface area contributed by atoms with Crippen molar-refractivity contribution in [1.29, 1.82) is 0 Å². The highest BCUT2D eigenvalue weighted by Crippen LogP contribution is 2.26. The maximum Gasteiger partial charge on any atom is 0.352 e. The third kappa shape index (κ3) is 2.60. The summed E-state index contributed by atoms with van der Waals surface area (Å²) in [7, 11) is -3.59. The van der Waals surface area contributed by atoms with Crippen LogP contribution in [0.5, 0.6) is 0 Å². The summed E-state index contributed by atoms with van der Waals surface area (Å²) in [6, 6.07) is 1.14. The highest BCUT2D eigenvalue weighted by Gasteiger charge is 2.32. The molecule has 1 aliphatic heterocycles. The van der Waals surface area contributed by atoms with Crippen molar-refractivity contribution >= 4 is 16.0 Å². The van der Waals surface area contributed by atoms with Gasteiger partial charge in [0, 0.05) is 25.3 Å². The molecule has 112 valence electrons. The zero-order valence-electron chi connectivity index (χ0n) is 11.9. The molecule has 1 saturated heterocycles. The first kappa shape index (κ1) is 15.1. The molecule has 1 aromatic rings. The van der Waals surface area contributed by atoms with Crippen LogP contribution in [0.15, 0.2) is 17.2 Å². The van der Waals surface area contributed by atoms with Crippen molar-refractivity contribution in [3.05, 3.63) is 18.0 Å². The van der Waals surface area contributed by atoms with Crippen molar-refractivity contribution in [2.75, 3.05) is 13.1 Å². The summed E-state index contributed by atoms with van der Waals surface area (Å²) in [6.45, 7) is 6.65. The van der Waals surface area contributed by atoms with Gasteiger partial charge in [-0.3, -0.25) is 0 Å². The van der Waals surface area contributed by atoms with Gasteiger partial charge in [-0.15, -0.1) is 0 Å². The number of rotatable bonds is 4. The molecule has 0 aromatic carbocycles. The van der Waals surface area contributed by atoms with Crippen LogP contribution in [0.4, 0.5) is 0 Å². The van der Waals surface area contributed by atoms with Crippen molar-refractivity contribution in [1.82, 2.24) is 8.87 Å². The fraction of sp³-hybridized carbons (Fsp3) is 0.615. The fourth-order valence-corrected chi connectivity index (χ4v) is 4.06. The molecular formula is C13H20N2O4S. The van der Waals surface area contributed by atoms with Crippen molar-refractivity contribution in [3.8, 4) is 0 Å². The summed E-state index contributed by atoms with van der Waals surface area (Å²) >= 11 is 0. The molecule has 1 aliphatic rings. The Bertz CT molecular complexity index is 618. The molecule has 20 heavy (non-hydrogen) atoms. The van der Waals surface area contributed by atoms with Gasteiger partial charge in [0.05, 0.1) is 0 Å². The predicted octanol–water partition coefficient (Wildman–Crippen LogP) is 1.80. The summed E-state index contributed by atoms with van der Waals surface area (Å²) in [6.07, 6.45) is 2.27. The van der Waals surface area contributed by atoms with Gasteiger partial charge in [-0.25, -0.2) is 13.2 Å². The van der Waals surface area contributed by atoms with Gasteiger partial charge >= 0.3 is 5.97 Å². The molecule has 6 nitrogen and oxygen atoms in total. The van der Waals surface area contributed by atoms with Gasteiger partial charge in [0.15, 0.2) is 0 Å². The average Bonchev–Trinajstić information content (AvgIpc) is 2.94. The molecular weight excluding hydrogens is 280 g/mol. The third-order valence-corrected chi connectivity index (χ3v) is 5.45. The Balaban J connectivity index is 2.42. The molecule has 1 aromatic heterocycles. The summed E-state index contributed by atoms with van der Waals surface area (Å²) in [5.74, 6) is -0.772. The average molecular weight is 300 g/mol. The van der Waals surface area contributed by atoms with Gasteiger partial charge in [0.2, 0.25) is 10.0 Å². The van der Waals surface area contributed by atoms with Gasteiger partial charge < -0.3 is 9.67 Å². The molecule has 1 fully saturated rings. The predicted molar refractivity (Wildman–Crippen MR) is 74.3 cm³/mol. The quantitative estimate of drug-likeness (QED) is 0.919. The minimum Gasteiger partial charge on any atom is -0.477 e. The van der Waals surface area contributed by atoms with Gasteiger partial charge in [-0.1, -0.05) is 6.92 Å². The molecule has 0 amide bonds. The Morgan fingerprint density at radius 3 is 2.50 bits per heavy atom. The van der Waals surface area contributed by atoms with Gasteiger partial charge in [-0.05, 0) is 32.3 Å². The Labute approximate surface area is 119 Å². The number of carboxylic acids is 1. The first-order valence-corrected chi connectivity index (χ1v) is 8.12. The maximum atomic E-state index is 12.5. The lowest BCUT2D eigenvalue weighted by atomic mass is 10.2. The first-order valence-electron chi connectivity index (χ1n) is 6.68. The second-order valence-corrected chi connectivity index (χ2v) is 7.56. The van der Waals surface area contributed by atoms with Crippen LogP contribution in [0.3, 0.4) is 0 Å². The van der Waals surface area contributed by atoms with E-state index in [0.29, 0.717) is 19.0 Å². The van der Waals surface area contributed by atoms with Gasteiger partial charge in [0.1, 0.15) is 10.6 Å². The van der Waals surface area contributed by atoms with E-state index in [1.807, 2.05) is 20.8 Å². The van der Waals surface area contributed by atoms with Crippen LogP contribution in [-0.4, -0.2) is 41.5 Å². The second-order valence-electron chi connectivity index (χ2n) is 5.62. The van der Waals surface area contributed by atoms with Crippen LogP contribution < -0.4 is 0 Å². The van der Waals surface area contributed by atoms with E-state index in [2.05, 4.69) is 0 Å². The molecule has 0 bridgehead atoms. The van der Waals surface area contributed by atoms with E-state index in [0.717, 1.165) is 6.42 Å². The van der Waals surface area contributed by atoms with Gasteiger partial charge in [0.25, 0.3) is 0 Å². The summed E-state index contributed by atoms with van der Waals surface area (Å²) < 4.78 is 27.9. The largest absolute Gasteiger partial charge is 0.477 e. The van der Waals surface area contributed by atoms with Crippen LogP contribution in [-0.2, 0) is 10.0 Å². The summed E-state index contributed by atoms with van der Waals surface area (Å²) in [4.78, 5) is 11.3.